The first kappa shape index (κ1) is 14.3. The highest BCUT2D eigenvalue weighted by atomic mass is 15.3. The van der Waals surface area contributed by atoms with Crippen molar-refractivity contribution in [3.63, 3.8) is 0 Å². The Bertz CT molecular complexity index is 573. The van der Waals surface area contributed by atoms with Crippen LogP contribution in [0.25, 0.3) is 0 Å². The number of aryl methyl sites for hydroxylation is 2. The molecule has 1 fully saturated rings. The lowest BCUT2D eigenvalue weighted by Crippen LogP contribution is -2.45. The summed E-state index contributed by atoms with van der Waals surface area (Å²) in [4.78, 5) is 2.55. The van der Waals surface area contributed by atoms with Crippen molar-refractivity contribution in [1.29, 1.82) is 0 Å². The number of piperazine rings is 1. The molecule has 0 radical (unpaired) electrons. The van der Waals surface area contributed by atoms with Crippen molar-refractivity contribution in [2.24, 2.45) is 7.05 Å². The Hall–Kier alpha value is -1.65. The van der Waals surface area contributed by atoms with Crippen LogP contribution >= 0.6 is 0 Å². The van der Waals surface area contributed by atoms with Crippen LogP contribution in [0.3, 0.4) is 0 Å². The third-order valence-electron chi connectivity index (χ3n) is 4.41. The van der Waals surface area contributed by atoms with E-state index in [1.165, 1.54) is 16.8 Å². The Morgan fingerprint density at radius 3 is 2.71 bits per heavy atom. The topological polar surface area (TPSA) is 33.1 Å². The van der Waals surface area contributed by atoms with E-state index < -0.39 is 0 Å². The summed E-state index contributed by atoms with van der Waals surface area (Å²) in [6.45, 7) is 6.31. The zero-order chi connectivity index (χ0) is 14.7. The van der Waals surface area contributed by atoms with Crippen LogP contribution < -0.4 is 5.32 Å². The van der Waals surface area contributed by atoms with Gasteiger partial charge in [0.1, 0.15) is 0 Å². The SMILES string of the molecule is CCc1ccc(C2CNCCN2Cc2ccnn2C)cc1. The first-order chi connectivity index (χ1) is 10.3. The highest BCUT2D eigenvalue weighted by Crippen LogP contribution is 2.24. The van der Waals surface area contributed by atoms with Crippen LogP contribution in [0.4, 0.5) is 0 Å². The van der Waals surface area contributed by atoms with Crippen molar-refractivity contribution in [2.75, 3.05) is 19.6 Å². The molecule has 0 aliphatic carbocycles. The van der Waals surface area contributed by atoms with Crippen molar-refractivity contribution in [3.05, 3.63) is 53.3 Å². The molecule has 4 heteroatoms. The average Bonchev–Trinajstić information content (AvgIpc) is 2.93. The smallest absolute Gasteiger partial charge is 0.0521 e. The van der Waals surface area contributed by atoms with E-state index >= 15 is 0 Å². The lowest BCUT2D eigenvalue weighted by Gasteiger charge is -2.36. The number of hydrogen-bond acceptors (Lipinski definition) is 3. The van der Waals surface area contributed by atoms with Gasteiger partial charge in [-0.1, -0.05) is 31.2 Å². The van der Waals surface area contributed by atoms with Gasteiger partial charge in [0.05, 0.1) is 5.69 Å². The van der Waals surface area contributed by atoms with Crippen LogP contribution in [0, 0.1) is 0 Å². The number of nitrogens with one attached hydrogen (secondary N) is 1. The lowest BCUT2D eigenvalue weighted by molar-refractivity contribution is 0.150. The Balaban J connectivity index is 1.78. The lowest BCUT2D eigenvalue weighted by atomic mass is 10.0. The van der Waals surface area contributed by atoms with E-state index in [1.807, 2.05) is 17.9 Å². The van der Waals surface area contributed by atoms with Gasteiger partial charge in [0.25, 0.3) is 0 Å². The predicted molar refractivity (Wildman–Crippen MR) is 85.0 cm³/mol. The molecule has 112 valence electrons. The van der Waals surface area contributed by atoms with Crippen LogP contribution in [0.15, 0.2) is 36.5 Å². The van der Waals surface area contributed by atoms with Crippen LogP contribution in [-0.2, 0) is 20.0 Å². The molecule has 1 saturated heterocycles. The van der Waals surface area contributed by atoms with Crippen molar-refractivity contribution in [2.45, 2.75) is 25.9 Å². The molecule has 1 atom stereocenters. The van der Waals surface area contributed by atoms with Gasteiger partial charge < -0.3 is 5.32 Å². The molecule has 3 rings (SSSR count). The van der Waals surface area contributed by atoms with Crippen LogP contribution in [-0.4, -0.2) is 34.3 Å². The van der Waals surface area contributed by atoms with Gasteiger partial charge in [-0.3, -0.25) is 9.58 Å². The van der Waals surface area contributed by atoms with Gasteiger partial charge in [0.2, 0.25) is 0 Å². The third kappa shape index (κ3) is 3.17. The summed E-state index contributed by atoms with van der Waals surface area (Å²) in [5.41, 5.74) is 4.08. The highest BCUT2D eigenvalue weighted by molar-refractivity contribution is 5.26. The molecule has 0 bridgehead atoms. The highest BCUT2D eigenvalue weighted by Gasteiger charge is 2.24. The second kappa shape index (κ2) is 6.41. The maximum absolute atomic E-state index is 4.28. The van der Waals surface area contributed by atoms with Crippen LogP contribution in [0.1, 0.15) is 29.8 Å². The molecule has 2 aromatic rings. The van der Waals surface area contributed by atoms with Crippen LogP contribution in [0.5, 0.6) is 0 Å². The fourth-order valence-electron chi connectivity index (χ4n) is 3.00. The number of benzene rings is 1. The molecule has 2 heterocycles. The standard InChI is InChI=1S/C17H24N4/c1-3-14-4-6-15(7-5-14)17-12-18-10-11-21(17)13-16-8-9-19-20(16)2/h4-9,17-18H,3,10-13H2,1-2H3. The van der Waals surface area contributed by atoms with E-state index in [-0.39, 0.29) is 0 Å². The molecule has 0 saturated carbocycles. The van der Waals surface area contributed by atoms with Gasteiger partial charge >= 0.3 is 0 Å². The molecule has 1 aromatic heterocycles. The second-order valence-electron chi connectivity index (χ2n) is 5.73. The van der Waals surface area contributed by atoms with E-state index in [1.54, 1.807) is 0 Å². The number of nitrogens with zero attached hydrogens (tertiary/aromatic N) is 3. The summed E-state index contributed by atoms with van der Waals surface area (Å²) < 4.78 is 1.97. The van der Waals surface area contributed by atoms with E-state index in [9.17, 15) is 0 Å². The molecule has 1 N–H and O–H groups in total. The van der Waals surface area contributed by atoms with Crippen molar-refractivity contribution >= 4 is 0 Å². The van der Waals surface area contributed by atoms with Gasteiger partial charge in [-0.25, -0.2) is 0 Å². The summed E-state index contributed by atoms with van der Waals surface area (Å²) in [6.07, 6.45) is 2.98. The Kier molecular flexibility index (Phi) is 4.36. The van der Waals surface area contributed by atoms with E-state index in [2.05, 4.69) is 52.6 Å². The minimum absolute atomic E-state index is 0.444. The van der Waals surface area contributed by atoms with E-state index in [0.717, 1.165) is 32.6 Å². The minimum Gasteiger partial charge on any atom is -0.314 e. The zero-order valence-electron chi connectivity index (χ0n) is 12.9. The van der Waals surface area contributed by atoms with Crippen molar-refractivity contribution in [1.82, 2.24) is 20.0 Å². The largest absolute Gasteiger partial charge is 0.314 e. The molecule has 4 nitrogen and oxygen atoms in total. The number of aromatic nitrogens is 2. The molecule has 1 aliphatic rings. The first-order valence-electron chi connectivity index (χ1n) is 7.78. The van der Waals surface area contributed by atoms with E-state index in [0.29, 0.717) is 6.04 Å². The zero-order valence-corrected chi connectivity index (χ0v) is 12.9. The summed E-state index contributed by atoms with van der Waals surface area (Å²) in [7, 11) is 2.02. The van der Waals surface area contributed by atoms with Crippen molar-refractivity contribution < 1.29 is 0 Å². The average molecular weight is 284 g/mol. The van der Waals surface area contributed by atoms with Crippen molar-refractivity contribution in [3.8, 4) is 0 Å². The third-order valence-corrected chi connectivity index (χ3v) is 4.41. The number of hydrogen-bond donors (Lipinski definition) is 1. The summed E-state index contributed by atoms with van der Waals surface area (Å²) in [5.74, 6) is 0. The monoisotopic (exact) mass is 284 g/mol. The second-order valence-corrected chi connectivity index (χ2v) is 5.73. The first-order valence-corrected chi connectivity index (χ1v) is 7.78. The van der Waals surface area contributed by atoms with Gasteiger partial charge in [-0.05, 0) is 23.6 Å². The maximum atomic E-state index is 4.28. The van der Waals surface area contributed by atoms with Gasteiger partial charge in [-0.15, -0.1) is 0 Å². The fraction of sp³-hybridized carbons (Fsp3) is 0.471. The van der Waals surface area contributed by atoms with Gasteiger partial charge in [0, 0.05) is 45.5 Å². The molecule has 0 amide bonds. The quantitative estimate of drug-likeness (QED) is 0.933. The van der Waals surface area contributed by atoms with Crippen LogP contribution in [0.2, 0.25) is 0 Å². The molecule has 1 aromatic carbocycles. The normalized spacial score (nSPS) is 19.8. The molecule has 1 aliphatic heterocycles. The molecule has 21 heavy (non-hydrogen) atoms. The molecular weight excluding hydrogens is 260 g/mol. The Morgan fingerprint density at radius 1 is 1.24 bits per heavy atom. The summed E-state index contributed by atoms with van der Waals surface area (Å²) in [5, 5.41) is 7.80. The predicted octanol–water partition coefficient (Wildman–Crippen LogP) is 2.13. The molecule has 1 unspecified atom stereocenters. The number of rotatable bonds is 4. The fourth-order valence-corrected chi connectivity index (χ4v) is 3.00. The summed E-state index contributed by atoms with van der Waals surface area (Å²) in [6, 6.07) is 11.6. The maximum Gasteiger partial charge on any atom is 0.0521 e. The molecular formula is C17H24N4. The van der Waals surface area contributed by atoms with Gasteiger partial charge in [0.15, 0.2) is 0 Å². The Labute approximate surface area is 126 Å². The Morgan fingerprint density at radius 2 is 2.05 bits per heavy atom. The minimum atomic E-state index is 0.444. The van der Waals surface area contributed by atoms with E-state index in [4.69, 9.17) is 0 Å². The van der Waals surface area contributed by atoms with Gasteiger partial charge in [-0.2, -0.15) is 5.10 Å². The molecule has 0 spiro atoms. The summed E-state index contributed by atoms with van der Waals surface area (Å²) >= 11 is 0.